The number of ether oxygens (including phenoxy) is 1. The fraction of sp³-hybridized carbons (Fsp3) is 0.818. The van der Waals surface area contributed by atoms with E-state index in [9.17, 15) is 9.59 Å². The number of piperazine rings is 1. The fourth-order valence-electron chi connectivity index (χ4n) is 1.78. The lowest BCUT2D eigenvalue weighted by Crippen LogP contribution is -2.48. The Bertz CT molecular complexity index is 248. The molecule has 16 heavy (non-hydrogen) atoms. The average molecular weight is 228 g/mol. The standard InChI is InChI=1S/C11H20N2O3/c1-3-12-6-8-13(9-7-12)10(14)4-5-11(15)16-2/h3-9H2,1-2H3. The van der Waals surface area contributed by atoms with Gasteiger partial charge in [-0.15, -0.1) is 0 Å². The number of amides is 1. The largest absolute Gasteiger partial charge is 0.469 e. The predicted molar refractivity (Wildman–Crippen MR) is 59.9 cm³/mol. The van der Waals surface area contributed by atoms with Crippen LogP contribution in [-0.2, 0) is 14.3 Å². The van der Waals surface area contributed by atoms with Gasteiger partial charge in [0.2, 0.25) is 5.91 Å². The van der Waals surface area contributed by atoms with Gasteiger partial charge in [-0.1, -0.05) is 6.92 Å². The van der Waals surface area contributed by atoms with Gasteiger partial charge in [0.25, 0.3) is 0 Å². The lowest BCUT2D eigenvalue weighted by molar-refractivity contribution is -0.144. The Labute approximate surface area is 96.3 Å². The van der Waals surface area contributed by atoms with Gasteiger partial charge >= 0.3 is 5.97 Å². The van der Waals surface area contributed by atoms with E-state index < -0.39 is 0 Å². The van der Waals surface area contributed by atoms with Crippen molar-refractivity contribution in [3.8, 4) is 0 Å². The Kier molecular flexibility index (Phi) is 5.25. The Morgan fingerprint density at radius 3 is 2.25 bits per heavy atom. The summed E-state index contributed by atoms with van der Waals surface area (Å²) in [5.74, 6) is -0.262. The number of hydrogen-bond acceptors (Lipinski definition) is 4. The third kappa shape index (κ3) is 3.81. The van der Waals surface area contributed by atoms with Gasteiger partial charge in [0.05, 0.1) is 13.5 Å². The van der Waals surface area contributed by atoms with Crippen molar-refractivity contribution in [1.29, 1.82) is 0 Å². The van der Waals surface area contributed by atoms with Gasteiger partial charge in [-0.2, -0.15) is 0 Å². The summed E-state index contributed by atoms with van der Waals surface area (Å²) in [6, 6.07) is 0. The molecular formula is C11H20N2O3. The third-order valence-corrected chi connectivity index (χ3v) is 2.94. The van der Waals surface area contributed by atoms with E-state index in [1.54, 1.807) is 0 Å². The zero-order chi connectivity index (χ0) is 12.0. The highest BCUT2D eigenvalue weighted by atomic mass is 16.5. The minimum absolute atomic E-state index is 0.0566. The van der Waals surface area contributed by atoms with Gasteiger partial charge in [-0.05, 0) is 6.54 Å². The zero-order valence-electron chi connectivity index (χ0n) is 10.1. The van der Waals surface area contributed by atoms with Gasteiger partial charge in [0.15, 0.2) is 0 Å². The van der Waals surface area contributed by atoms with Crippen molar-refractivity contribution >= 4 is 11.9 Å². The summed E-state index contributed by atoms with van der Waals surface area (Å²) in [5.41, 5.74) is 0. The highest BCUT2D eigenvalue weighted by Gasteiger charge is 2.20. The highest BCUT2D eigenvalue weighted by molar-refractivity contribution is 5.81. The highest BCUT2D eigenvalue weighted by Crippen LogP contribution is 2.05. The van der Waals surface area contributed by atoms with Crippen LogP contribution in [0.4, 0.5) is 0 Å². The van der Waals surface area contributed by atoms with Crippen LogP contribution in [0.2, 0.25) is 0 Å². The van der Waals surface area contributed by atoms with Crippen molar-refractivity contribution in [2.45, 2.75) is 19.8 Å². The molecule has 0 bridgehead atoms. The molecule has 1 aliphatic rings. The molecule has 1 rings (SSSR count). The van der Waals surface area contributed by atoms with Crippen LogP contribution in [0.3, 0.4) is 0 Å². The smallest absolute Gasteiger partial charge is 0.306 e. The van der Waals surface area contributed by atoms with Crippen molar-refractivity contribution < 1.29 is 14.3 Å². The van der Waals surface area contributed by atoms with Gasteiger partial charge < -0.3 is 14.5 Å². The first kappa shape index (κ1) is 13.0. The van der Waals surface area contributed by atoms with Crippen molar-refractivity contribution in [3.63, 3.8) is 0 Å². The number of carbonyl (C=O) groups is 2. The lowest BCUT2D eigenvalue weighted by Gasteiger charge is -2.34. The summed E-state index contributed by atoms with van der Waals surface area (Å²) >= 11 is 0. The molecule has 5 nitrogen and oxygen atoms in total. The predicted octanol–water partition coefficient (Wildman–Crippen LogP) is 0.104. The van der Waals surface area contributed by atoms with E-state index in [2.05, 4.69) is 16.6 Å². The first-order valence-electron chi connectivity index (χ1n) is 5.74. The Balaban J connectivity index is 2.25. The molecule has 1 fully saturated rings. The molecule has 0 saturated carbocycles. The van der Waals surface area contributed by atoms with Crippen LogP contribution >= 0.6 is 0 Å². The second-order valence-corrected chi connectivity index (χ2v) is 3.89. The van der Waals surface area contributed by atoms with Crippen LogP contribution in [0.5, 0.6) is 0 Å². The number of nitrogens with zero attached hydrogens (tertiary/aromatic N) is 2. The number of rotatable bonds is 4. The molecule has 0 aliphatic carbocycles. The van der Waals surface area contributed by atoms with Crippen LogP contribution < -0.4 is 0 Å². The van der Waals surface area contributed by atoms with E-state index >= 15 is 0 Å². The van der Waals surface area contributed by atoms with Crippen LogP contribution in [-0.4, -0.2) is 61.5 Å². The van der Waals surface area contributed by atoms with E-state index in [1.807, 2.05) is 4.90 Å². The molecule has 5 heteroatoms. The molecule has 1 heterocycles. The normalized spacial score (nSPS) is 17.2. The summed E-state index contributed by atoms with van der Waals surface area (Å²) in [5, 5.41) is 0. The van der Waals surface area contributed by atoms with Gasteiger partial charge in [0, 0.05) is 32.6 Å². The maximum absolute atomic E-state index is 11.7. The quantitative estimate of drug-likeness (QED) is 0.641. The Morgan fingerprint density at radius 2 is 1.75 bits per heavy atom. The number of hydrogen-bond donors (Lipinski definition) is 0. The molecule has 0 atom stereocenters. The number of carbonyl (C=O) groups excluding carboxylic acids is 2. The molecular weight excluding hydrogens is 208 g/mol. The first-order valence-corrected chi connectivity index (χ1v) is 5.74. The van der Waals surface area contributed by atoms with Crippen molar-refractivity contribution in [2.24, 2.45) is 0 Å². The van der Waals surface area contributed by atoms with E-state index in [4.69, 9.17) is 0 Å². The van der Waals surface area contributed by atoms with Crippen molar-refractivity contribution in [2.75, 3.05) is 39.8 Å². The molecule has 0 radical (unpaired) electrons. The molecule has 1 saturated heterocycles. The molecule has 0 aromatic heterocycles. The van der Waals surface area contributed by atoms with Crippen LogP contribution in [0.15, 0.2) is 0 Å². The van der Waals surface area contributed by atoms with E-state index in [1.165, 1.54) is 7.11 Å². The Hall–Kier alpha value is -1.10. The lowest BCUT2D eigenvalue weighted by atomic mass is 10.2. The molecule has 1 amide bonds. The summed E-state index contributed by atoms with van der Waals surface area (Å²) in [6.45, 7) is 6.56. The van der Waals surface area contributed by atoms with Crippen molar-refractivity contribution in [1.82, 2.24) is 9.80 Å². The minimum atomic E-state index is -0.319. The van der Waals surface area contributed by atoms with E-state index in [-0.39, 0.29) is 24.7 Å². The zero-order valence-corrected chi connectivity index (χ0v) is 10.1. The van der Waals surface area contributed by atoms with Gasteiger partial charge in [-0.25, -0.2) is 0 Å². The second kappa shape index (κ2) is 6.48. The summed E-state index contributed by atoms with van der Waals surface area (Å²) in [7, 11) is 1.34. The minimum Gasteiger partial charge on any atom is -0.469 e. The number of methoxy groups -OCH3 is 1. The topological polar surface area (TPSA) is 49.9 Å². The van der Waals surface area contributed by atoms with E-state index in [0.717, 1.165) is 32.7 Å². The van der Waals surface area contributed by atoms with E-state index in [0.29, 0.717) is 0 Å². The van der Waals surface area contributed by atoms with Crippen LogP contribution in [0.1, 0.15) is 19.8 Å². The average Bonchev–Trinajstić information content (AvgIpc) is 2.35. The number of esters is 1. The monoisotopic (exact) mass is 228 g/mol. The maximum Gasteiger partial charge on any atom is 0.306 e. The molecule has 1 aliphatic heterocycles. The molecule has 92 valence electrons. The molecule has 0 spiro atoms. The van der Waals surface area contributed by atoms with Gasteiger partial charge in [0.1, 0.15) is 0 Å². The summed E-state index contributed by atoms with van der Waals surface area (Å²) in [6.07, 6.45) is 0.447. The van der Waals surface area contributed by atoms with Crippen LogP contribution in [0.25, 0.3) is 0 Å². The first-order chi connectivity index (χ1) is 7.67. The summed E-state index contributed by atoms with van der Waals surface area (Å²) < 4.78 is 4.50. The maximum atomic E-state index is 11.7. The molecule has 0 aromatic rings. The molecule has 0 N–H and O–H groups in total. The number of likely N-dealkylation sites (N-methyl/N-ethyl adjacent to an activating group) is 1. The second-order valence-electron chi connectivity index (χ2n) is 3.89. The Morgan fingerprint density at radius 1 is 1.12 bits per heavy atom. The third-order valence-electron chi connectivity index (χ3n) is 2.94. The van der Waals surface area contributed by atoms with Crippen LogP contribution in [0, 0.1) is 0 Å². The fourth-order valence-corrected chi connectivity index (χ4v) is 1.78. The van der Waals surface area contributed by atoms with Gasteiger partial charge in [-0.3, -0.25) is 9.59 Å². The molecule has 0 aromatic carbocycles. The SMILES string of the molecule is CCN1CCN(C(=O)CCC(=O)OC)CC1. The molecule has 0 unspecified atom stereocenters. The summed E-state index contributed by atoms with van der Waals surface area (Å²) in [4.78, 5) is 26.7. The van der Waals surface area contributed by atoms with Crippen molar-refractivity contribution in [3.05, 3.63) is 0 Å².